The molecule has 7 heteroatoms. The number of benzene rings is 1. The van der Waals surface area contributed by atoms with E-state index in [2.05, 4.69) is 9.88 Å². The number of morpholine rings is 1. The topological polar surface area (TPSA) is 63.8 Å². The Balaban J connectivity index is 1.91. The molecule has 0 amide bonds. The fraction of sp³-hybridized carbons (Fsp3) is 0.438. The third-order valence-electron chi connectivity index (χ3n) is 3.86. The fourth-order valence-corrected chi connectivity index (χ4v) is 3.55. The maximum absolute atomic E-state index is 11.9. The highest BCUT2D eigenvalue weighted by atomic mass is 32.1. The van der Waals surface area contributed by atoms with Crippen LogP contribution in [0.3, 0.4) is 0 Å². The molecule has 0 bridgehead atoms. The number of aromatic amines is 1. The SMILES string of the molecule is COc1ccc(-c2[nH]c(=O)sc2CN2CCOCC2)cc1OC. The first-order valence-corrected chi connectivity index (χ1v) is 8.27. The number of thiazole rings is 1. The van der Waals surface area contributed by atoms with Gasteiger partial charge in [-0.15, -0.1) is 0 Å². The lowest BCUT2D eigenvalue weighted by Gasteiger charge is -2.26. The first kappa shape index (κ1) is 16.0. The monoisotopic (exact) mass is 336 g/mol. The molecule has 23 heavy (non-hydrogen) atoms. The highest BCUT2D eigenvalue weighted by Crippen LogP contribution is 2.33. The average molecular weight is 336 g/mol. The number of aromatic nitrogens is 1. The van der Waals surface area contributed by atoms with Gasteiger partial charge in [-0.05, 0) is 18.2 Å². The zero-order valence-electron chi connectivity index (χ0n) is 13.3. The number of nitrogens with zero attached hydrogens (tertiary/aromatic N) is 1. The van der Waals surface area contributed by atoms with Crippen LogP contribution in [0.1, 0.15) is 4.88 Å². The van der Waals surface area contributed by atoms with E-state index in [-0.39, 0.29) is 4.87 Å². The lowest BCUT2D eigenvalue weighted by atomic mass is 10.1. The van der Waals surface area contributed by atoms with E-state index in [1.807, 2.05) is 18.2 Å². The van der Waals surface area contributed by atoms with Gasteiger partial charge in [0.05, 0.1) is 33.1 Å². The summed E-state index contributed by atoms with van der Waals surface area (Å²) in [6.07, 6.45) is 0. The van der Waals surface area contributed by atoms with Crippen LogP contribution in [0.4, 0.5) is 0 Å². The molecule has 1 aromatic heterocycles. The van der Waals surface area contributed by atoms with Crippen LogP contribution >= 0.6 is 11.3 Å². The van der Waals surface area contributed by atoms with E-state index in [1.54, 1.807) is 14.2 Å². The number of hydrogen-bond donors (Lipinski definition) is 1. The Labute approximate surface area is 138 Å². The van der Waals surface area contributed by atoms with Gasteiger partial charge in [-0.25, -0.2) is 0 Å². The van der Waals surface area contributed by atoms with Crippen molar-refractivity contribution in [2.24, 2.45) is 0 Å². The van der Waals surface area contributed by atoms with E-state index in [9.17, 15) is 4.79 Å². The summed E-state index contributed by atoms with van der Waals surface area (Å²) < 4.78 is 16.0. The van der Waals surface area contributed by atoms with Crippen LogP contribution in [-0.2, 0) is 11.3 Å². The Morgan fingerprint density at radius 3 is 2.65 bits per heavy atom. The summed E-state index contributed by atoms with van der Waals surface area (Å²) in [4.78, 5) is 18.1. The third kappa shape index (κ3) is 3.57. The summed E-state index contributed by atoms with van der Waals surface area (Å²) >= 11 is 1.26. The molecule has 1 aromatic carbocycles. The Morgan fingerprint density at radius 2 is 1.96 bits per heavy atom. The molecule has 0 unspecified atom stereocenters. The van der Waals surface area contributed by atoms with E-state index >= 15 is 0 Å². The molecule has 1 aliphatic heterocycles. The molecular weight excluding hydrogens is 316 g/mol. The van der Waals surface area contributed by atoms with Gasteiger partial charge in [0.15, 0.2) is 11.5 Å². The lowest BCUT2D eigenvalue weighted by molar-refractivity contribution is 0.0347. The second-order valence-electron chi connectivity index (χ2n) is 5.27. The van der Waals surface area contributed by atoms with Crippen molar-refractivity contribution in [2.45, 2.75) is 6.54 Å². The minimum Gasteiger partial charge on any atom is -0.493 e. The van der Waals surface area contributed by atoms with E-state index in [1.165, 1.54) is 11.3 Å². The van der Waals surface area contributed by atoms with Crippen molar-refractivity contribution in [3.63, 3.8) is 0 Å². The molecule has 2 aromatic rings. The largest absolute Gasteiger partial charge is 0.493 e. The van der Waals surface area contributed by atoms with E-state index in [4.69, 9.17) is 14.2 Å². The minimum atomic E-state index is -0.0435. The Hall–Kier alpha value is -1.83. The summed E-state index contributed by atoms with van der Waals surface area (Å²) in [5, 5.41) is 0. The summed E-state index contributed by atoms with van der Waals surface area (Å²) in [5.74, 6) is 1.32. The minimum absolute atomic E-state index is 0.0435. The van der Waals surface area contributed by atoms with Crippen LogP contribution in [0.2, 0.25) is 0 Å². The molecule has 0 atom stereocenters. The zero-order chi connectivity index (χ0) is 16.2. The van der Waals surface area contributed by atoms with Gasteiger partial charge in [0.2, 0.25) is 0 Å². The maximum Gasteiger partial charge on any atom is 0.305 e. The second-order valence-corrected chi connectivity index (χ2v) is 6.34. The molecule has 1 aliphatic rings. The smallest absolute Gasteiger partial charge is 0.305 e. The van der Waals surface area contributed by atoms with Gasteiger partial charge in [0.1, 0.15) is 0 Å². The average Bonchev–Trinajstić information content (AvgIpc) is 2.95. The number of hydrogen-bond acceptors (Lipinski definition) is 6. The van der Waals surface area contributed by atoms with Crippen LogP contribution in [-0.4, -0.2) is 50.4 Å². The van der Waals surface area contributed by atoms with E-state index < -0.39 is 0 Å². The number of nitrogens with one attached hydrogen (secondary N) is 1. The molecule has 0 aliphatic carbocycles. The maximum atomic E-state index is 11.9. The Bertz CT molecular complexity index is 719. The van der Waals surface area contributed by atoms with E-state index in [0.717, 1.165) is 49.0 Å². The standard InChI is InChI=1S/C16H20N2O4S/c1-20-12-4-3-11(9-13(12)21-2)15-14(23-16(19)17-15)10-18-5-7-22-8-6-18/h3-4,9H,5-8,10H2,1-2H3,(H,17,19). The molecule has 3 rings (SSSR count). The van der Waals surface area contributed by atoms with Crippen molar-refractivity contribution in [3.8, 4) is 22.8 Å². The van der Waals surface area contributed by atoms with Crippen LogP contribution in [0, 0.1) is 0 Å². The zero-order valence-corrected chi connectivity index (χ0v) is 14.1. The molecule has 1 N–H and O–H groups in total. The molecule has 1 fully saturated rings. The Kier molecular flexibility index (Phi) is 5.00. The lowest BCUT2D eigenvalue weighted by Crippen LogP contribution is -2.35. The number of H-pyrrole nitrogens is 1. The quantitative estimate of drug-likeness (QED) is 0.904. The van der Waals surface area contributed by atoms with Crippen molar-refractivity contribution in [2.75, 3.05) is 40.5 Å². The van der Waals surface area contributed by atoms with Crippen LogP contribution in [0.15, 0.2) is 23.0 Å². The molecule has 124 valence electrons. The highest BCUT2D eigenvalue weighted by Gasteiger charge is 2.17. The van der Waals surface area contributed by atoms with Crippen LogP contribution in [0.25, 0.3) is 11.3 Å². The highest BCUT2D eigenvalue weighted by molar-refractivity contribution is 7.09. The van der Waals surface area contributed by atoms with Crippen molar-refractivity contribution in [1.82, 2.24) is 9.88 Å². The summed E-state index contributed by atoms with van der Waals surface area (Å²) in [5.41, 5.74) is 1.77. The number of rotatable bonds is 5. The van der Waals surface area contributed by atoms with E-state index in [0.29, 0.717) is 11.5 Å². The summed E-state index contributed by atoms with van der Waals surface area (Å²) in [7, 11) is 3.21. The van der Waals surface area contributed by atoms with Gasteiger partial charge in [-0.3, -0.25) is 9.69 Å². The molecule has 0 radical (unpaired) electrons. The van der Waals surface area contributed by atoms with Gasteiger partial charge >= 0.3 is 4.87 Å². The summed E-state index contributed by atoms with van der Waals surface area (Å²) in [6.45, 7) is 4.00. The molecule has 0 saturated carbocycles. The van der Waals surface area contributed by atoms with Gasteiger partial charge in [-0.2, -0.15) is 0 Å². The van der Waals surface area contributed by atoms with Gasteiger partial charge in [0, 0.05) is 30.1 Å². The molecule has 2 heterocycles. The molecule has 1 saturated heterocycles. The molecule has 0 spiro atoms. The second kappa shape index (κ2) is 7.16. The first-order valence-electron chi connectivity index (χ1n) is 7.45. The van der Waals surface area contributed by atoms with Crippen molar-refractivity contribution in [3.05, 3.63) is 32.7 Å². The fourth-order valence-electron chi connectivity index (χ4n) is 2.66. The predicted molar refractivity (Wildman–Crippen MR) is 89.6 cm³/mol. The predicted octanol–water partition coefficient (Wildman–Crippen LogP) is 1.95. The van der Waals surface area contributed by atoms with Gasteiger partial charge in [-0.1, -0.05) is 11.3 Å². The van der Waals surface area contributed by atoms with Crippen LogP contribution < -0.4 is 14.3 Å². The van der Waals surface area contributed by atoms with Gasteiger partial charge in [0.25, 0.3) is 0 Å². The summed E-state index contributed by atoms with van der Waals surface area (Å²) in [6, 6.07) is 5.67. The third-order valence-corrected chi connectivity index (χ3v) is 4.73. The van der Waals surface area contributed by atoms with Crippen molar-refractivity contribution < 1.29 is 14.2 Å². The first-order chi connectivity index (χ1) is 11.2. The Morgan fingerprint density at radius 1 is 1.22 bits per heavy atom. The van der Waals surface area contributed by atoms with Crippen molar-refractivity contribution in [1.29, 1.82) is 0 Å². The van der Waals surface area contributed by atoms with Gasteiger partial charge < -0.3 is 19.2 Å². The van der Waals surface area contributed by atoms with Crippen LogP contribution in [0.5, 0.6) is 11.5 Å². The van der Waals surface area contributed by atoms with Crippen molar-refractivity contribution >= 4 is 11.3 Å². The molecule has 6 nitrogen and oxygen atoms in total. The molecular formula is C16H20N2O4S. The number of methoxy groups -OCH3 is 2. The number of ether oxygens (including phenoxy) is 3. The normalized spacial score (nSPS) is 15.6.